The van der Waals surface area contributed by atoms with Crippen LogP contribution in [0, 0.1) is 0 Å². The number of anilines is 1. The van der Waals surface area contributed by atoms with E-state index < -0.39 is 0 Å². The lowest BCUT2D eigenvalue weighted by Gasteiger charge is -2.22. The van der Waals surface area contributed by atoms with Crippen LogP contribution in [-0.2, 0) is 4.79 Å². The van der Waals surface area contributed by atoms with E-state index in [1.54, 1.807) is 11.0 Å². The summed E-state index contributed by atoms with van der Waals surface area (Å²) in [4.78, 5) is 18.5. The third-order valence-electron chi connectivity index (χ3n) is 3.53. The average Bonchev–Trinajstić information content (AvgIpc) is 2.66. The molecule has 3 rings (SSSR count). The van der Waals surface area contributed by atoms with E-state index in [9.17, 15) is 4.79 Å². The molecule has 0 saturated heterocycles. The van der Waals surface area contributed by atoms with E-state index in [1.165, 1.54) is 0 Å². The molecule has 0 aliphatic carbocycles. The van der Waals surface area contributed by atoms with E-state index in [2.05, 4.69) is 4.99 Å². The van der Waals surface area contributed by atoms with Crippen molar-refractivity contribution in [3.8, 4) is 0 Å². The van der Waals surface area contributed by atoms with Crippen LogP contribution in [-0.4, -0.2) is 30.6 Å². The number of amides is 1. The number of fused-ring (bicyclic) bond motifs is 1. The molecule has 22 heavy (non-hydrogen) atoms. The summed E-state index contributed by atoms with van der Waals surface area (Å²) in [5, 5.41) is 0.613. The minimum absolute atomic E-state index is 0.0600. The number of benzene rings is 2. The molecule has 0 bridgehead atoms. The number of alkyl halides is 1. The van der Waals surface area contributed by atoms with Crippen LogP contribution >= 0.6 is 23.2 Å². The molecule has 5 heteroatoms. The van der Waals surface area contributed by atoms with Crippen LogP contribution in [0.5, 0.6) is 0 Å². The van der Waals surface area contributed by atoms with Gasteiger partial charge in [0.2, 0.25) is 5.91 Å². The molecule has 0 aromatic heterocycles. The molecule has 0 saturated carbocycles. The van der Waals surface area contributed by atoms with Crippen LogP contribution in [0.25, 0.3) is 0 Å². The maximum Gasteiger partial charge on any atom is 0.248 e. The first kappa shape index (κ1) is 15.1. The number of aliphatic imine (C=N–C) groups is 1. The van der Waals surface area contributed by atoms with E-state index in [4.69, 9.17) is 23.2 Å². The van der Waals surface area contributed by atoms with Gasteiger partial charge >= 0.3 is 0 Å². The number of carbonyl (C=O) groups is 1. The quantitative estimate of drug-likeness (QED) is 0.787. The first-order valence-corrected chi connectivity index (χ1v) is 7.88. The zero-order valence-electron chi connectivity index (χ0n) is 11.8. The first-order valence-electron chi connectivity index (χ1n) is 6.97. The molecule has 0 radical (unpaired) electrons. The van der Waals surface area contributed by atoms with Gasteiger partial charge in [-0.1, -0.05) is 41.9 Å². The summed E-state index contributed by atoms with van der Waals surface area (Å²) in [6.45, 7) is 0.556. The lowest BCUT2D eigenvalue weighted by Crippen LogP contribution is -2.34. The molecule has 1 aliphatic heterocycles. The second-order valence-electron chi connectivity index (χ2n) is 4.93. The fourth-order valence-electron chi connectivity index (χ4n) is 2.56. The molecule has 2 aromatic rings. The number of carbonyl (C=O) groups excluding carboxylic acids is 1. The molecule has 2 aromatic carbocycles. The number of hydrogen-bond acceptors (Lipinski definition) is 2. The van der Waals surface area contributed by atoms with E-state index in [-0.39, 0.29) is 12.5 Å². The van der Waals surface area contributed by atoms with Crippen molar-refractivity contribution < 1.29 is 4.79 Å². The van der Waals surface area contributed by atoms with Gasteiger partial charge in [-0.25, -0.2) is 0 Å². The van der Waals surface area contributed by atoms with Crippen LogP contribution in [0.15, 0.2) is 53.5 Å². The van der Waals surface area contributed by atoms with Crippen molar-refractivity contribution in [1.29, 1.82) is 0 Å². The SMILES string of the molecule is O=C1CN=C(c2ccccc2)c2cc(Cl)ccc2N1CCCl. The molecule has 0 fully saturated rings. The molecule has 0 N–H and O–H groups in total. The summed E-state index contributed by atoms with van der Waals surface area (Å²) >= 11 is 12.0. The van der Waals surface area contributed by atoms with Crippen molar-refractivity contribution in [3.63, 3.8) is 0 Å². The van der Waals surface area contributed by atoms with Gasteiger partial charge in [-0.15, -0.1) is 11.6 Å². The predicted octanol–water partition coefficient (Wildman–Crippen LogP) is 3.76. The molecule has 1 heterocycles. The average molecular weight is 333 g/mol. The van der Waals surface area contributed by atoms with Crippen molar-refractivity contribution in [2.24, 2.45) is 4.99 Å². The fourth-order valence-corrected chi connectivity index (χ4v) is 2.90. The number of rotatable bonds is 3. The molecule has 3 nitrogen and oxygen atoms in total. The summed E-state index contributed by atoms with van der Waals surface area (Å²) in [6.07, 6.45) is 0. The zero-order valence-corrected chi connectivity index (χ0v) is 13.3. The van der Waals surface area contributed by atoms with E-state index >= 15 is 0 Å². The van der Waals surface area contributed by atoms with Gasteiger partial charge in [-0.05, 0) is 18.2 Å². The third kappa shape index (κ3) is 2.87. The van der Waals surface area contributed by atoms with Gasteiger partial charge in [0.15, 0.2) is 0 Å². The molecule has 0 atom stereocenters. The first-order chi connectivity index (χ1) is 10.7. The lowest BCUT2D eigenvalue weighted by molar-refractivity contribution is -0.117. The molecule has 1 amide bonds. The van der Waals surface area contributed by atoms with Crippen LogP contribution in [0.4, 0.5) is 5.69 Å². The number of nitrogens with zero attached hydrogens (tertiary/aromatic N) is 2. The third-order valence-corrected chi connectivity index (χ3v) is 3.94. The minimum Gasteiger partial charge on any atom is -0.309 e. The Morgan fingerprint density at radius 3 is 2.64 bits per heavy atom. The highest BCUT2D eigenvalue weighted by Crippen LogP contribution is 2.29. The Hall–Kier alpha value is -1.84. The highest BCUT2D eigenvalue weighted by molar-refractivity contribution is 6.32. The predicted molar refractivity (Wildman–Crippen MR) is 91.5 cm³/mol. The van der Waals surface area contributed by atoms with Crippen molar-refractivity contribution >= 4 is 40.5 Å². The van der Waals surface area contributed by atoms with E-state index in [0.29, 0.717) is 17.4 Å². The largest absolute Gasteiger partial charge is 0.309 e. The van der Waals surface area contributed by atoms with Crippen LogP contribution in [0.2, 0.25) is 5.02 Å². The molecule has 112 valence electrons. The molecule has 1 aliphatic rings. The van der Waals surface area contributed by atoms with Crippen molar-refractivity contribution in [2.75, 3.05) is 23.9 Å². The maximum atomic E-state index is 12.4. The summed E-state index contributed by atoms with van der Waals surface area (Å²) in [5.41, 5.74) is 3.40. The smallest absolute Gasteiger partial charge is 0.248 e. The van der Waals surface area contributed by atoms with Crippen LogP contribution < -0.4 is 4.90 Å². The minimum atomic E-state index is -0.0600. The van der Waals surface area contributed by atoms with E-state index in [0.717, 1.165) is 22.5 Å². The Labute approximate surface area is 139 Å². The number of hydrogen-bond donors (Lipinski definition) is 0. The van der Waals surface area contributed by atoms with Gasteiger partial charge in [-0.2, -0.15) is 0 Å². The molecular weight excluding hydrogens is 319 g/mol. The summed E-state index contributed by atoms with van der Waals surface area (Å²) < 4.78 is 0. The molecule has 0 unspecified atom stereocenters. The van der Waals surface area contributed by atoms with Gasteiger partial charge < -0.3 is 4.90 Å². The maximum absolute atomic E-state index is 12.4. The summed E-state index contributed by atoms with van der Waals surface area (Å²) in [6, 6.07) is 15.3. The van der Waals surface area contributed by atoms with Crippen molar-refractivity contribution in [3.05, 3.63) is 64.7 Å². The van der Waals surface area contributed by atoms with Crippen LogP contribution in [0.1, 0.15) is 11.1 Å². The Bertz CT molecular complexity index is 729. The highest BCUT2D eigenvalue weighted by atomic mass is 35.5. The van der Waals surface area contributed by atoms with Gasteiger partial charge in [0.1, 0.15) is 6.54 Å². The Kier molecular flexibility index (Phi) is 4.46. The monoisotopic (exact) mass is 332 g/mol. The van der Waals surface area contributed by atoms with Gasteiger partial charge in [-0.3, -0.25) is 9.79 Å². The van der Waals surface area contributed by atoms with Gasteiger partial charge in [0.25, 0.3) is 0 Å². The Morgan fingerprint density at radius 2 is 1.91 bits per heavy atom. The Morgan fingerprint density at radius 1 is 1.14 bits per heavy atom. The normalized spacial score (nSPS) is 14.4. The van der Waals surface area contributed by atoms with Crippen LogP contribution in [0.3, 0.4) is 0 Å². The van der Waals surface area contributed by atoms with Crippen molar-refractivity contribution in [1.82, 2.24) is 0 Å². The second kappa shape index (κ2) is 6.51. The number of halogens is 2. The highest BCUT2D eigenvalue weighted by Gasteiger charge is 2.24. The summed E-state index contributed by atoms with van der Waals surface area (Å²) in [5.74, 6) is 0.309. The van der Waals surface area contributed by atoms with Gasteiger partial charge in [0, 0.05) is 28.6 Å². The second-order valence-corrected chi connectivity index (χ2v) is 5.74. The topological polar surface area (TPSA) is 32.7 Å². The molecule has 0 spiro atoms. The van der Waals surface area contributed by atoms with E-state index in [1.807, 2.05) is 42.5 Å². The lowest BCUT2D eigenvalue weighted by atomic mass is 10.0. The zero-order chi connectivity index (χ0) is 15.5. The fraction of sp³-hybridized carbons (Fsp3) is 0.176. The Balaban J connectivity index is 2.18. The van der Waals surface area contributed by atoms with Gasteiger partial charge in [0.05, 0.1) is 11.4 Å². The standard InChI is InChI=1S/C17H14Cl2N2O/c18-8-9-21-15-7-6-13(19)10-14(15)17(20-11-16(21)22)12-4-2-1-3-5-12/h1-7,10H,8-9,11H2. The number of benzodiazepines with no additional fused rings is 1. The van der Waals surface area contributed by atoms with Crippen molar-refractivity contribution in [2.45, 2.75) is 0 Å². The molecular formula is C17H14Cl2N2O. The summed E-state index contributed by atoms with van der Waals surface area (Å²) in [7, 11) is 0.